The van der Waals surface area contributed by atoms with Gasteiger partial charge >= 0.3 is 0 Å². The largest absolute Gasteiger partial charge is 0.224 e. The highest BCUT2D eigenvalue weighted by atomic mass is 15.5. The van der Waals surface area contributed by atoms with Crippen molar-refractivity contribution < 1.29 is 0 Å². The van der Waals surface area contributed by atoms with E-state index in [2.05, 4.69) is 17.4 Å². The summed E-state index contributed by atoms with van der Waals surface area (Å²) in [5, 5.41) is 2.18. The average molecular weight is 127 g/mol. The van der Waals surface area contributed by atoms with Gasteiger partial charge in [0.2, 0.25) is 0 Å². The smallest absolute Gasteiger partial charge is 0.0231 e. The molecule has 1 saturated heterocycles. The molecule has 0 N–H and O–H groups in total. The van der Waals surface area contributed by atoms with E-state index >= 15 is 0 Å². The topological polar surface area (TPSA) is 17.3 Å². The maximum absolute atomic E-state index is 4.16. The van der Waals surface area contributed by atoms with Gasteiger partial charge in [0.1, 0.15) is 0 Å². The van der Waals surface area contributed by atoms with Crippen molar-refractivity contribution in [3.8, 4) is 0 Å². The van der Waals surface area contributed by atoms with Crippen molar-refractivity contribution in [2.75, 3.05) is 13.6 Å². The minimum absolute atomic E-state index is 0.684. The molecule has 0 saturated carbocycles. The SMILES string of the molecule is C[N]N1CCCCC1C. The highest BCUT2D eigenvalue weighted by Gasteiger charge is 2.16. The Bertz CT molecular complexity index is 83.0. The van der Waals surface area contributed by atoms with Gasteiger partial charge in [0.15, 0.2) is 0 Å². The molecule has 0 aliphatic carbocycles. The molecule has 0 amide bonds. The van der Waals surface area contributed by atoms with Crippen LogP contribution in [0, 0.1) is 0 Å². The van der Waals surface area contributed by atoms with Crippen molar-refractivity contribution in [2.24, 2.45) is 0 Å². The average Bonchev–Trinajstić information content (AvgIpc) is 1.89. The molecule has 1 rings (SSSR count). The lowest BCUT2D eigenvalue weighted by atomic mass is 10.1. The van der Waals surface area contributed by atoms with Crippen LogP contribution < -0.4 is 5.43 Å². The van der Waals surface area contributed by atoms with Crippen LogP contribution >= 0.6 is 0 Å². The first-order valence-corrected chi connectivity index (χ1v) is 3.71. The lowest BCUT2D eigenvalue weighted by Crippen LogP contribution is -2.41. The fourth-order valence-electron chi connectivity index (χ4n) is 1.38. The van der Waals surface area contributed by atoms with Crippen molar-refractivity contribution in [3.63, 3.8) is 0 Å². The van der Waals surface area contributed by atoms with Crippen LogP contribution in [0.25, 0.3) is 0 Å². The van der Waals surface area contributed by atoms with Crippen LogP contribution in [-0.2, 0) is 0 Å². The quantitative estimate of drug-likeness (QED) is 0.514. The summed E-state index contributed by atoms with van der Waals surface area (Å²) in [5.74, 6) is 0. The summed E-state index contributed by atoms with van der Waals surface area (Å²) >= 11 is 0. The monoisotopic (exact) mass is 127 g/mol. The van der Waals surface area contributed by atoms with Crippen molar-refractivity contribution in [1.82, 2.24) is 10.4 Å². The van der Waals surface area contributed by atoms with Crippen LogP contribution in [0.3, 0.4) is 0 Å². The van der Waals surface area contributed by atoms with Crippen LogP contribution in [0.5, 0.6) is 0 Å². The Morgan fingerprint density at radius 1 is 1.44 bits per heavy atom. The second kappa shape index (κ2) is 3.18. The lowest BCUT2D eigenvalue weighted by Gasteiger charge is -2.30. The standard InChI is InChI=1S/C7H15N2/c1-7-5-3-4-6-9(7)8-2/h7H,3-6H2,1-2H3. The fourth-order valence-corrected chi connectivity index (χ4v) is 1.38. The predicted octanol–water partition coefficient (Wildman–Crippen LogP) is 1.01. The van der Waals surface area contributed by atoms with E-state index in [1.807, 2.05) is 7.05 Å². The second-order valence-electron chi connectivity index (χ2n) is 2.71. The molecule has 1 aliphatic heterocycles. The van der Waals surface area contributed by atoms with Gasteiger partial charge in [0.25, 0.3) is 0 Å². The number of nitrogens with zero attached hydrogens (tertiary/aromatic N) is 2. The molecule has 0 bridgehead atoms. The Morgan fingerprint density at radius 2 is 2.22 bits per heavy atom. The number of hydrogen-bond donors (Lipinski definition) is 0. The summed E-state index contributed by atoms with van der Waals surface area (Å²) in [7, 11) is 1.88. The molecule has 1 radical (unpaired) electrons. The van der Waals surface area contributed by atoms with E-state index in [4.69, 9.17) is 0 Å². The minimum Gasteiger partial charge on any atom is -0.224 e. The molecule has 9 heavy (non-hydrogen) atoms. The molecule has 1 heterocycles. The minimum atomic E-state index is 0.684. The molecule has 0 spiro atoms. The van der Waals surface area contributed by atoms with Crippen LogP contribution in [0.2, 0.25) is 0 Å². The zero-order valence-corrected chi connectivity index (χ0v) is 6.30. The van der Waals surface area contributed by atoms with E-state index in [9.17, 15) is 0 Å². The molecule has 1 unspecified atom stereocenters. The van der Waals surface area contributed by atoms with E-state index in [1.54, 1.807) is 0 Å². The van der Waals surface area contributed by atoms with Gasteiger partial charge in [-0.15, -0.1) is 0 Å². The molecule has 0 aromatic rings. The Hall–Kier alpha value is -0.0800. The molecule has 2 nitrogen and oxygen atoms in total. The third-order valence-corrected chi connectivity index (χ3v) is 2.02. The van der Waals surface area contributed by atoms with Crippen molar-refractivity contribution in [2.45, 2.75) is 32.2 Å². The van der Waals surface area contributed by atoms with Gasteiger partial charge in [0, 0.05) is 19.6 Å². The molecule has 0 aromatic carbocycles. The van der Waals surface area contributed by atoms with Crippen molar-refractivity contribution in [1.29, 1.82) is 0 Å². The van der Waals surface area contributed by atoms with Gasteiger partial charge in [-0.2, -0.15) is 5.43 Å². The summed E-state index contributed by atoms with van der Waals surface area (Å²) in [5.41, 5.74) is 4.16. The summed E-state index contributed by atoms with van der Waals surface area (Å²) in [6.45, 7) is 3.41. The maximum Gasteiger partial charge on any atom is 0.0231 e. The second-order valence-corrected chi connectivity index (χ2v) is 2.71. The number of hydrogen-bond acceptors (Lipinski definition) is 1. The van der Waals surface area contributed by atoms with Gasteiger partial charge in [-0.3, -0.25) is 0 Å². The van der Waals surface area contributed by atoms with E-state index in [0.717, 1.165) is 6.54 Å². The van der Waals surface area contributed by atoms with Gasteiger partial charge in [-0.05, 0) is 19.8 Å². The van der Waals surface area contributed by atoms with Crippen molar-refractivity contribution >= 4 is 0 Å². The zero-order chi connectivity index (χ0) is 6.69. The van der Waals surface area contributed by atoms with E-state index in [0.29, 0.717) is 6.04 Å². The molecule has 1 fully saturated rings. The summed E-state index contributed by atoms with van der Waals surface area (Å²) in [4.78, 5) is 0. The van der Waals surface area contributed by atoms with Crippen LogP contribution in [0.4, 0.5) is 0 Å². The first-order valence-electron chi connectivity index (χ1n) is 3.71. The first-order chi connectivity index (χ1) is 4.34. The molecule has 53 valence electrons. The van der Waals surface area contributed by atoms with E-state index < -0.39 is 0 Å². The third kappa shape index (κ3) is 1.66. The fraction of sp³-hybridized carbons (Fsp3) is 1.00. The summed E-state index contributed by atoms with van der Waals surface area (Å²) < 4.78 is 0. The molecule has 1 aliphatic rings. The van der Waals surface area contributed by atoms with Crippen molar-refractivity contribution in [3.05, 3.63) is 0 Å². The number of piperidine rings is 1. The van der Waals surface area contributed by atoms with Crippen LogP contribution in [0.15, 0.2) is 0 Å². The Kier molecular flexibility index (Phi) is 2.49. The highest BCUT2D eigenvalue weighted by molar-refractivity contribution is 4.68. The maximum atomic E-state index is 4.16. The van der Waals surface area contributed by atoms with E-state index in [1.165, 1.54) is 19.3 Å². The van der Waals surface area contributed by atoms with Gasteiger partial charge in [-0.1, -0.05) is 6.42 Å². The predicted molar refractivity (Wildman–Crippen MR) is 38.1 cm³/mol. The Labute approximate surface area is 57.2 Å². The summed E-state index contributed by atoms with van der Waals surface area (Å²) in [6, 6.07) is 0.684. The molecule has 0 aromatic heterocycles. The van der Waals surface area contributed by atoms with E-state index in [-0.39, 0.29) is 0 Å². The zero-order valence-electron chi connectivity index (χ0n) is 6.30. The third-order valence-electron chi connectivity index (χ3n) is 2.02. The highest BCUT2D eigenvalue weighted by Crippen LogP contribution is 2.13. The normalized spacial score (nSPS) is 30.7. The Balaban J connectivity index is 2.30. The molecule has 1 atom stereocenters. The van der Waals surface area contributed by atoms with Crippen LogP contribution in [-0.4, -0.2) is 24.6 Å². The molecular formula is C7H15N2. The Morgan fingerprint density at radius 3 is 2.67 bits per heavy atom. The molecule has 2 heteroatoms. The first kappa shape index (κ1) is 7.03. The lowest BCUT2D eigenvalue weighted by molar-refractivity contribution is 0.104. The van der Waals surface area contributed by atoms with Gasteiger partial charge in [-0.25, -0.2) is 5.01 Å². The van der Waals surface area contributed by atoms with Gasteiger partial charge in [0.05, 0.1) is 0 Å². The number of rotatable bonds is 1. The molecular weight excluding hydrogens is 112 g/mol. The van der Waals surface area contributed by atoms with Crippen LogP contribution in [0.1, 0.15) is 26.2 Å². The van der Waals surface area contributed by atoms with Gasteiger partial charge < -0.3 is 0 Å². The summed E-state index contributed by atoms with van der Waals surface area (Å²) in [6.07, 6.45) is 4.02.